The van der Waals surface area contributed by atoms with Gasteiger partial charge in [0.05, 0.1) is 19.0 Å². The average molecular weight is 362 g/mol. The van der Waals surface area contributed by atoms with Gasteiger partial charge in [0.15, 0.2) is 22.9 Å². The standard InChI is InChI=1S/C19H14N4O4/c1-26-19(25)15-16(24)14(27-18(15)23-12-4-2-6-20-10-12)8-11-9-22-17-13(11)5-3-7-21-17/h2-10,23-24H,1H3/b11-8+. The fourth-order valence-corrected chi connectivity index (χ4v) is 2.67. The molecule has 8 heteroatoms. The number of fused-ring (bicyclic) bond motifs is 1. The van der Waals surface area contributed by atoms with Crippen LogP contribution in [-0.4, -0.2) is 34.4 Å². The van der Waals surface area contributed by atoms with Crippen LogP contribution in [-0.2, 0) is 4.74 Å². The van der Waals surface area contributed by atoms with Gasteiger partial charge in [-0.2, -0.15) is 0 Å². The Morgan fingerprint density at radius 3 is 2.93 bits per heavy atom. The van der Waals surface area contributed by atoms with E-state index in [1.54, 1.807) is 49.1 Å². The Bertz CT molecular complexity index is 1070. The average Bonchev–Trinajstić information content (AvgIpc) is 3.24. The van der Waals surface area contributed by atoms with E-state index in [4.69, 9.17) is 9.15 Å². The zero-order chi connectivity index (χ0) is 18.8. The maximum absolute atomic E-state index is 12.1. The van der Waals surface area contributed by atoms with Gasteiger partial charge in [0.1, 0.15) is 0 Å². The van der Waals surface area contributed by atoms with Crippen LogP contribution < -0.4 is 5.32 Å². The summed E-state index contributed by atoms with van der Waals surface area (Å²) in [6.07, 6.45) is 8.03. The van der Waals surface area contributed by atoms with E-state index in [0.717, 1.165) is 5.56 Å². The molecule has 0 unspecified atom stereocenters. The number of ether oxygens (including phenoxy) is 1. The monoisotopic (exact) mass is 362 g/mol. The van der Waals surface area contributed by atoms with Crippen molar-refractivity contribution < 1.29 is 19.1 Å². The van der Waals surface area contributed by atoms with Gasteiger partial charge in [0.25, 0.3) is 0 Å². The van der Waals surface area contributed by atoms with Crippen molar-refractivity contribution >= 4 is 41.2 Å². The van der Waals surface area contributed by atoms with Crippen LogP contribution in [0.15, 0.2) is 52.3 Å². The molecule has 0 radical (unpaired) electrons. The molecule has 0 saturated heterocycles. The van der Waals surface area contributed by atoms with Crippen LogP contribution in [0.1, 0.15) is 21.7 Å². The summed E-state index contributed by atoms with van der Waals surface area (Å²) in [5, 5.41) is 13.5. The lowest BCUT2D eigenvalue weighted by molar-refractivity contribution is 0.0598. The van der Waals surface area contributed by atoms with E-state index in [1.165, 1.54) is 7.11 Å². The molecule has 0 fully saturated rings. The van der Waals surface area contributed by atoms with Crippen molar-refractivity contribution in [2.75, 3.05) is 12.4 Å². The van der Waals surface area contributed by atoms with Crippen molar-refractivity contribution in [3.8, 4) is 5.75 Å². The molecular weight excluding hydrogens is 348 g/mol. The third-order valence-electron chi connectivity index (χ3n) is 3.93. The molecule has 0 aliphatic carbocycles. The van der Waals surface area contributed by atoms with Gasteiger partial charge in [0, 0.05) is 29.7 Å². The number of hydrogen-bond acceptors (Lipinski definition) is 8. The summed E-state index contributed by atoms with van der Waals surface area (Å²) in [6, 6.07) is 7.12. The summed E-state index contributed by atoms with van der Waals surface area (Å²) in [5.41, 5.74) is 1.99. The van der Waals surface area contributed by atoms with Crippen LogP contribution >= 0.6 is 0 Å². The number of nitrogens with zero attached hydrogens (tertiary/aromatic N) is 3. The molecule has 134 valence electrons. The van der Waals surface area contributed by atoms with Crippen molar-refractivity contribution in [2.24, 2.45) is 4.99 Å². The normalized spacial score (nSPS) is 13.6. The van der Waals surface area contributed by atoms with Gasteiger partial charge < -0.3 is 19.6 Å². The van der Waals surface area contributed by atoms with E-state index in [2.05, 4.69) is 20.3 Å². The number of carbonyl (C=O) groups excluding carboxylic acids is 1. The van der Waals surface area contributed by atoms with Gasteiger partial charge in [-0.05, 0) is 30.3 Å². The molecule has 4 rings (SSSR count). The Morgan fingerprint density at radius 1 is 1.30 bits per heavy atom. The number of furan rings is 1. The van der Waals surface area contributed by atoms with Crippen LogP contribution in [0.25, 0.3) is 11.6 Å². The minimum atomic E-state index is -0.727. The van der Waals surface area contributed by atoms with Crippen LogP contribution in [0.5, 0.6) is 5.75 Å². The number of allylic oxidation sites excluding steroid dienone is 1. The van der Waals surface area contributed by atoms with Gasteiger partial charge in [0.2, 0.25) is 5.88 Å². The zero-order valence-corrected chi connectivity index (χ0v) is 14.2. The summed E-state index contributed by atoms with van der Waals surface area (Å²) >= 11 is 0. The second-order valence-corrected chi connectivity index (χ2v) is 5.61. The number of esters is 1. The zero-order valence-electron chi connectivity index (χ0n) is 14.2. The molecule has 3 aromatic rings. The van der Waals surface area contributed by atoms with E-state index in [1.807, 2.05) is 6.07 Å². The minimum absolute atomic E-state index is 0.0561. The second kappa shape index (κ2) is 6.75. The fraction of sp³-hybridized carbons (Fsp3) is 0.0526. The van der Waals surface area contributed by atoms with Crippen molar-refractivity contribution in [3.63, 3.8) is 0 Å². The lowest BCUT2D eigenvalue weighted by Gasteiger charge is -2.04. The smallest absolute Gasteiger partial charge is 0.347 e. The van der Waals surface area contributed by atoms with Crippen LogP contribution in [0, 0.1) is 0 Å². The van der Waals surface area contributed by atoms with E-state index < -0.39 is 5.97 Å². The Balaban J connectivity index is 1.77. The number of aromatic hydroxyl groups is 1. The molecular formula is C19H14N4O4. The summed E-state index contributed by atoms with van der Waals surface area (Å²) in [4.78, 5) is 24.5. The Hall–Kier alpha value is -3.94. The number of methoxy groups -OCH3 is 1. The molecule has 0 spiro atoms. The highest BCUT2D eigenvalue weighted by Gasteiger charge is 2.27. The highest BCUT2D eigenvalue weighted by atomic mass is 16.5. The lowest BCUT2D eigenvalue weighted by Crippen LogP contribution is -2.03. The number of nitrogens with one attached hydrogen (secondary N) is 1. The van der Waals surface area contributed by atoms with Gasteiger partial charge in [-0.3, -0.25) is 4.98 Å². The van der Waals surface area contributed by atoms with Crippen LogP contribution in [0.3, 0.4) is 0 Å². The summed E-state index contributed by atoms with van der Waals surface area (Å²) in [6.45, 7) is 0. The molecule has 2 N–H and O–H groups in total. The number of hydrogen-bond donors (Lipinski definition) is 2. The van der Waals surface area contributed by atoms with E-state index in [0.29, 0.717) is 17.1 Å². The number of pyridine rings is 2. The number of rotatable bonds is 4. The van der Waals surface area contributed by atoms with Crippen molar-refractivity contribution in [2.45, 2.75) is 0 Å². The largest absolute Gasteiger partial charge is 0.504 e. The first-order valence-corrected chi connectivity index (χ1v) is 7.99. The summed E-state index contributed by atoms with van der Waals surface area (Å²) in [7, 11) is 1.23. The SMILES string of the molecule is COC(=O)c1c(Nc2cccnc2)oc(/C=C2\C=Nc3ncccc32)c1O. The lowest BCUT2D eigenvalue weighted by atomic mass is 10.1. The third-order valence-corrected chi connectivity index (χ3v) is 3.93. The molecule has 1 aliphatic rings. The fourth-order valence-electron chi connectivity index (χ4n) is 2.67. The van der Waals surface area contributed by atoms with Gasteiger partial charge in [-0.15, -0.1) is 0 Å². The highest BCUT2D eigenvalue weighted by molar-refractivity contribution is 6.21. The molecule has 0 amide bonds. The number of aliphatic imine (C=N–C) groups is 1. The summed E-state index contributed by atoms with van der Waals surface area (Å²) in [5.74, 6) is -0.321. The first-order valence-electron chi connectivity index (χ1n) is 7.99. The molecule has 0 bridgehead atoms. The summed E-state index contributed by atoms with van der Waals surface area (Å²) < 4.78 is 10.5. The topological polar surface area (TPSA) is 110 Å². The van der Waals surface area contributed by atoms with Crippen LogP contribution in [0.4, 0.5) is 17.4 Å². The quantitative estimate of drug-likeness (QED) is 0.683. The molecule has 4 heterocycles. The first kappa shape index (κ1) is 16.5. The predicted molar refractivity (Wildman–Crippen MR) is 99.5 cm³/mol. The second-order valence-electron chi connectivity index (χ2n) is 5.61. The Morgan fingerprint density at radius 2 is 2.15 bits per heavy atom. The van der Waals surface area contributed by atoms with E-state index >= 15 is 0 Å². The molecule has 27 heavy (non-hydrogen) atoms. The van der Waals surface area contributed by atoms with Gasteiger partial charge >= 0.3 is 5.97 Å². The number of carbonyl (C=O) groups is 1. The van der Waals surface area contributed by atoms with E-state index in [-0.39, 0.29) is 23.0 Å². The van der Waals surface area contributed by atoms with Crippen molar-refractivity contribution in [3.05, 3.63) is 59.7 Å². The number of anilines is 2. The molecule has 0 saturated carbocycles. The third kappa shape index (κ3) is 3.04. The predicted octanol–water partition coefficient (Wildman–Crippen LogP) is 3.56. The Labute approximate surface area is 153 Å². The van der Waals surface area contributed by atoms with Crippen LogP contribution in [0.2, 0.25) is 0 Å². The first-order chi connectivity index (χ1) is 13.2. The highest BCUT2D eigenvalue weighted by Crippen LogP contribution is 2.39. The molecule has 3 aromatic heterocycles. The maximum Gasteiger partial charge on any atom is 0.347 e. The molecule has 0 atom stereocenters. The molecule has 8 nitrogen and oxygen atoms in total. The van der Waals surface area contributed by atoms with Crippen molar-refractivity contribution in [1.82, 2.24) is 9.97 Å². The van der Waals surface area contributed by atoms with E-state index in [9.17, 15) is 9.90 Å². The van der Waals surface area contributed by atoms with Crippen molar-refractivity contribution in [1.29, 1.82) is 0 Å². The molecule has 1 aliphatic heterocycles. The molecule has 0 aromatic carbocycles. The van der Waals surface area contributed by atoms with Gasteiger partial charge in [-0.25, -0.2) is 14.8 Å². The van der Waals surface area contributed by atoms with Gasteiger partial charge in [-0.1, -0.05) is 0 Å². The Kier molecular flexibility index (Phi) is 4.13. The maximum atomic E-state index is 12.1. The number of aromatic nitrogens is 2. The minimum Gasteiger partial charge on any atom is -0.504 e.